The summed E-state index contributed by atoms with van der Waals surface area (Å²) < 4.78 is 9.65. The lowest BCUT2D eigenvalue weighted by atomic mass is 9.99. The molecule has 13 heavy (non-hydrogen) atoms. The van der Waals surface area contributed by atoms with Gasteiger partial charge in [-0.05, 0) is 0 Å². The fourth-order valence-electron chi connectivity index (χ4n) is 1.26. The summed E-state index contributed by atoms with van der Waals surface area (Å²) in [5.41, 5.74) is 0. The van der Waals surface area contributed by atoms with E-state index in [1.165, 1.54) is 7.11 Å². The SMILES string of the molecule is CO[C@H]1O[C@H](CO)[C@@H](O)[C@@H](O)[C@@H]1O. The van der Waals surface area contributed by atoms with Crippen molar-refractivity contribution in [3.63, 3.8) is 0 Å². The summed E-state index contributed by atoms with van der Waals surface area (Å²) in [7, 11) is 1.30. The monoisotopic (exact) mass is 194 g/mol. The van der Waals surface area contributed by atoms with Gasteiger partial charge in [-0.1, -0.05) is 0 Å². The van der Waals surface area contributed by atoms with Gasteiger partial charge in [0.15, 0.2) is 6.29 Å². The van der Waals surface area contributed by atoms with Gasteiger partial charge in [0.05, 0.1) is 6.61 Å². The van der Waals surface area contributed by atoms with Crippen LogP contribution < -0.4 is 0 Å². The average molecular weight is 194 g/mol. The molecule has 1 aliphatic rings. The third-order valence-corrected chi connectivity index (χ3v) is 2.08. The molecule has 0 radical (unpaired) electrons. The predicted octanol–water partition coefficient (Wildman–Crippen LogP) is -2.57. The Kier molecular flexibility index (Phi) is 3.60. The number of aliphatic hydroxyl groups is 4. The second-order valence-electron chi connectivity index (χ2n) is 2.93. The fourth-order valence-corrected chi connectivity index (χ4v) is 1.26. The zero-order valence-electron chi connectivity index (χ0n) is 7.20. The maximum atomic E-state index is 9.28. The molecule has 0 aromatic rings. The molecule has 0 unspecified atom stereocenters. The zero-order chi connectivity index (χ0) is 10.0. The van der Waals surface area contributed by atoms with Crippen molar-refractivity contribution >= 4 is 0 Å². The highest BCUT2D eigenvalue weighted by Gasteiger charge is 2.43. The quantitative estimate of drug-likeness (QED) is 0.386. The summed E-state index contributed by atoms with van der Waals surface area (Å²) in [5.74, 6) is 0. The van der Waals surface area contributed by atoms with Crippen LogP contribution >= 0.6 is 0 Å². The normalized spacial score (nSPS) is 46.4. The van der Waals surface area contributed by atoms with E-state index in [1.807, 2.05) is 0 Å². The van der Waals surface area contributed by atoms with Crippen LogP contribution in [0, 0.1) is 0 Å². The Morgan fingerprint density at radius 3 is 2.23 bits per heavy atom. The van der Waals surface area contributed by atoms with E-state index in [0.29, 0.717) is 0 Å². The van der Waals surface area contributed by atoms with Crippen molar-refractivity contribution in [1.29, 1.82) is 0 Å². The molecule has 0 aromatic heterocycles. The molecule has 1 rings (SSSR count). The molecule has 6 heteroatoms. The van der Waals surface area contributed by atoms with Crippen LogP contribution in [0.3, 0.4) is 0 Å². The standard InChI is InChI=1S/C7H14O6/c1-12-7-6(11)5(10)4(9)3(2-8)13-7/h3-11H,2H2,1H3/t3-,4-,5-,6+,7+/m1/s1. The Balaban J connectivity index is 2.66. The Morgan fingerprint density at radius 1 is 1.15 bits per heavy atom. The van der Waals surface area contributed by atoms with Crippen molar-refractivity contribution in [2.24, 2.45) is 0 Å². The van der Waals surface area contributed by atoms with Crippen LogP contribution in [0.5, 0.6) is 0 Å². The van der Waals surface area contributed by atoms with Gasteiger partial charge in [-0.2, -0.15) is 0 Å². The van der Waals surface area contributed by atoms with E-state index in [0.717, 1.165) is 0 Å². The Morgan fingerprint density at radius 2 is 1.77 bits per heavy atom. The van der Waals surface area contributed by atoms with Crippen LogP contribution in [-0.4, -0.2) is 64.8 Å². The highest BCUT2D eigenvalue weighted by atomic mass is 16.7. The molecule has 5 atom stereocenters. The molecule has 0 saturated carbocycles. The molecule has 1 heterocycles. The minimum Gasteiger partial charge on any atom is -0.394 e. The fraction of sp³-hybridized carbons (Fsp3) is 1.00. The van der Waals surface area contributed by atoms with Crippen molar-refractivity contribution in [2.45, 2.75) is 30.7 Å². The second-order valence-corrected chi connectivity index (χ2v) is 2.93. The number of rotatable bonds is 2. The van der Waals surface area contributed by atoms with E-state index in [2.05, 4.69) is 0 Å². The average Bonchev–Trinajstić information content (AvgIpc) is 2.15. The molecular weight excluding hydrogens is 180 g/mol. The van der Waals surface area contributed by atoms with Gasteiger partial charge in [0.1, 0.15) is 24.4 Å². The molecule has 0 spiro atoms. The van der Waals surface area contributed by atoms with Crippen LogP contribution in [0.25, 0.3) is 0 Å². The van der Waals surface area contributed by atoms with E-state index in [-0.39, 0.29) is 0 Å². The van der Waals surface area contributed by atoms with Crippen LogP contribution in [0.1, 0.15) is 0 Å². The van der Waals surface area contributed by atoms with E-state index in [1.54, 1.807) is 0 Å². The summed E-state index contributed by atoms with van der Waals surface area (Å²) in [6, 6.07) is 0. The van der Waals surface area contributed by atoms with Crippen LogP contribution in [0.15, 0.2) is 0 Å². The van der Waals surface area contributed by atoms with Crippen molar-refractivity contribution in [1.82, 2.24) is 0 Å². The lowest BCUT2D eigenvalue weighted by Gasteiger charge is -2.38. The van der Waals surface area contributed by atoms with Crippen LogP contribution in [-0.2, 0) is 9.47 Å². The first-order valence-electron chi connectivity index (χ1n) is 3.95. The molecule has 78 valence electrons. The number of aliphatic hydroxyl groups excluding tert-OH is 4. The molecule has 4 N–H and O–H groups in total. The zero-order valence-corrected chi connectivity index (χ0v) is 7.20. The minimum absolute atomic E-state index is 0.440. The third-order valence-electron chi connectivity index (χ3n) is 2.08. The summed E-state index contributed by atoms with van der Waals surface area (Å²) in [5, 5.41) is 36.6. The van der Waals surface area contributed by atoms with Gasteiger partial charge in [-0.15, -0.1) is 0 Å². The summed E-state index contributed by atoms with van der Waals surface area (Å²) in [6.45, 7) is -0.440. The maximum absolute atomic E-state index is 9.28. The third kappa shape index (κ3) is 1.98. The number of methoxy groups -OCH3 is 1. The molecule has 1 fully saturated rings. The van der Waals surface area contributed by atoms with Gasteiger partial charge >= 0.3 is 0 Å². The first kappa shape index (κ1) is 10.8. The van der Waals surface area contributed by atoms with Crippen molar-refractivity contribution in [3.05, 3.63) is 0 Å². The molecule has 0 aliphatic carbocycles. The Labute approximate surface area is 75.3 Å². The summed E-state index contributed by atoms with van der Waals surface area (Å²) in [6.07, 6.45) is -5.91. The van der Waals surface area contributed by atoms with E-state index in [4.69, 9.17) is 14.6 Å². The first-order valence-corrected chi connectivity index (χ1v) is 3.95. The lowest BCUT2D eigenvalue weighted by molar-refractivity contribution is -0.294. The second kappa shape index (κ2) is 4.32. The number of hydrogen-bond acceptors (Lipinski definition) is 6. The lowest BCUT2D eigenvalue weighted by Crippen LogP contribution is -2.58. The van der Waals surface area contributed by atoms with Crippen molar-refractivity contribution in [2.75, 3.05) is 13.7 Å². The van der Waals surface area contributed by atoms with Gasteiger partial charge in [0, 0.05) is 7.11 Å². The summed E-state index contributed by atoms with van der Waals surface area (Å²) >= 11 is 0. The topological polar surface area (TPSA) is 99.4 Å². The van der Waals surface area contributed by atoms with Crippen molar-refractivity contribution < 1.29 is 29.9 Å². The molecule has 1 aliphatic heterocycles. The van der Waals surface area contributed by atoms with Gasteiger partial charge in [-0.3, -0.25) is 0 Å². The number of ether oxygens (including phenoxy) is 2. The molecule has 0 aromatic carbocycles. The minimum atomic E-state index is -1.36. The summed E-state index contributed by atoms with van der Waals surface area (Å²) in [4.78, 5) is 0. The smallest absolute Gasteiger partial charge is 0.186 e. The Bertz CT molecular complexity index is 143. The first-order chi connectivity index (χ1) is 6.11. The van der Waals surface area contributed by atoms with E-state index in [9.17, 15) is 15.3 Å². The van der Waals surface area contributed by atoms with Crippen LogP contribution in [0.4, 0.5) is 0 Å². The van der Waals surface area contributed by atoms with Gasteiger partial charge in [0.2, 0.25) is 0 Å². The molecule has 1 saturated heterocycles. The Hall–Kier alpha value is -0.240. The van der Waals surface area contributed by atoms with Crippen LogP contribution in [0.2, 0.25) is 0 Å². The molecule has 0 amide bonds. The number of hydrogen-bond donors (Lipinski definition) is 4. The van der Waals surface area contributed by atoms with E-state index >= 15 is 0 Å². The van der Waals surface area contributed by atoms with Gasteiger partial charge in [0.25, 0.3) is 0 Å². The van der Waals surface area contributed by atoms with Gasteiger partial charge in [-0.25, -0.2) is 0 Å². The molecular formula is C7H14O6. The van der Waals surface area contributed by atoms with E-state index < -0.39 is 37.3 Å². The van der Waals surface area contributed by atoms with Gasteiger partial charge < -0.3 is 29.9 Å². The maximum Gasteiger partial charge on any atom is 0.186 e. The predicted molar refractivity (Wildman–Crippen MR) is 40.8 cm³/mol. The molecule has 0 bridgehead atoms. The van der Waals surface area contributed by atoms with Crippen molar-refractivity contribution in [3.8, 4) is 0 Å². The largest absolute Gasteiger partial charge is 0.394 e. The molecule has 6 nitrogen and oxygen atoms in total. The highest BCUT2D eigenvalue weighted by molar-refractivity contribution is 4.88. The highest BCUT2D eigenvalue weighted by Crippen LogP contribution is 2.20.